The molecule has 2 unspecified atom stereocenters. The Morgan fingerprint density at radius 1 is 1.33 bits per heavy atom. The number of anilines is 1. The van der Waals surface area contributed by atoms with E-state index in [0.29, 0.717) is 22.8 Å². The summed E-state index contributed by atoms with van der Waals surface area (Å²) in [7, 11) is 0. The van der Waals surface area contributed by atoms with E-state index in [4.69, 9.17) is 11.6 Å². The normalized spacial score (nSPS) is 22.2. The molecule has 1 fully saturated rings. The van der Waals surface area contributed by atoms with Gasteiger partial charge in [0.25, 0.3) is 0 Å². The number of benzene rings is 1. The number of carbonyl (C=O) groups excluding carboxylic acids is 1. The third kappa shape index (κ3) is 2.99. The van der Waals surface area contributed by atoms with Crippen molar-refractivity contribution < 1.29 is 4.79 Å². The third-order valence-electron chi connectivity index (χ3n) is 3.82. The highest BCUT2D eigenvalue weighted by Gasteiger charge is 2.28. The monoisotopic (exact) mass is 304 g/mol. The van der Waals surface area contributed by atoms with Gasteiger partial charge in [0.1, 0.15) is 0 Å². The molecule has 1 amide bonds. The van der Waals surface area contributed by atoms with Gasteiger partial charge in [-0.2, -0.15) is 0 Å². The smallest absolute Gasteiger partial charge is 0.243 e. The van der Waals surface area contributed by atoms with E-state index in [2.05, 4.69) is 27.5 Å². The van der Waals surface area contributed by atoms with E-state index in [1.165, 1.54) is 0 Å². The molecule has 21 heavy (non-hydrogen) atoms. The number of amides is 1. The molecular weight excluding hydrogens is 288 g/mol. The zero-order valence-corrected chi connectivity index (χ0v) is 12.5. The second-order valence-corrected chi connectivity index (χ2v) is 5.75. The topological polar surface area (TPSA) is 66.9 Å². The minimum absolute atomic E-state index is 0.103. The maximum Gasteiger partial charge on any atom is 0.243 e. The maximum absolute atomic E-state index is 12.4. The van der Waals surface area contributed by atoms with Crippen LogP contribution in [0.5, 0.6) is 0 Å². The second kappa shape index (κ2) is 5.95. The van der Waals surface area contributed by atoms with E-state index in [-0.39, 0.29) is 17.1 Å². The van der Waals surface area contributed by atoms with E-state index >= 15 is 0 Å². The van der Waals surface area contributed by atoms with Gasteiger partial charge in [-0.1, -0.05) is 30.7 Å². The molecule has 6 heteroatoms. The number of hydrogen-bond acceptors (Lipinski definition) is 4. The largest absolute Gasteiger partial charge is 0.307 e. The highest BCUT2D eigenvalue weighted by Crippen LogP contribution is 2.22. The van der Waals surface area contributed by atoms with Crippen molar-refractivity contribution in [1.29, 1.82) is 0 Å². The van der Waals surface area contributed by atoms with Gasteiger partial charge in [0.05, 0.1) is 17.1 Å². The van der Waals surface area contributed by atoms with Crippen LogP contribution in [0.3, 0.4) is 0 Å². The number of fused-ring (bicyclic) bond motifs is 1. The molecule has 110 valence electrons. The number of nitrogens with one attached hydrogen (secondary N) is 2. The summed E-state index contributed by atoms with van der Waals surface area (Å²) in [6.45, 7) is 2.93. The maximum atomic E-state index is 12.4. The molecule has 3 rings (SSSR count). The molecule has 0 saturated carbocycles. The molecule has 1 saturated heterocycles. The Kier molecular flexibility index (Phi) is 4.03. The van der Waals surface area contributed by atoms with Crippen LogP contribution in [0, 0.1) is 5.92 Å². The predicted molar refractivity (Wildman–Crippen MR) is 83.4 cm³/mol. The van der Waals surface area contributed by atoms with Gasteiger partial charge in [-0.3, -0.25) is 4.79 Å². The molecule has 1 aliphatic heterocycles. The number of aromatic nitrogens is 2. The van der Waals surface area contributed by atoms with Gasteiger partial charge >= 0.3 is 0 Å². The Balaban J connectivity index is 1.83. The van der Waals surface area contributed by atoms with E-state index in [9.17, 15) is 4.79 Å². The lowest BCUT2D eigenvalue weighted by atomic mass is 9.92. The standard InChI is InChI=1S/C15H17ClN4O/c1-9-5-4-8-17-12(9)15(21)20-14-13(16)18-10-6-2-3-7-11(10)19-14/h2-3,6-7,9,12,17H,4-5,8H2,1H3,(H,19,20,21). The van der Waals surface area contributed by atoms with Gasteiger partial charge in [0.2, 0.25) is 5.91 Å². The molecule has 2 atom stereocenters. The van der Waals surface area contributed by atoms with Gasteiger partial charge in [0, 0.05) is 0 Å². The lowest BCUT2D eigenvalue weighted by Gasteiger charge is -2.28. The van der Waals surface area contributed by atoms with Crippen LogP contribution in [-0.2, 0) is 4.79 Å². The second-order valence-electron chi connectivity index (χ2n) is 5.39. The number of piperidine rings is 1. The summed E-state index contributed by atoms with van der Waals surface area (Å²) in [6.07, 6.45) is 2.14. The number of hydrogen-bond donors (Lipinski definition) is 2. The summed E-state index contributed by atoms with van der Waals surface area (Å²) in [5, 5.41) is 6.25. The molecule has 0 bridgehead atoms. The lowest BCUT2D eigenvalue weighted by Crippen LogP contribution is -2.48. The summed E-state index contributed by atoms with van der Waals surface area (Å²) < 4.78 is 0. The number of para-hydroxylation sites is 2. The van der Waals surface area contributed by atoms with Crippen LogP contribution in [0.1, 0.15) is 19.8 Å². The quantitative estimate of drug-likeness (QED) is 0.895. The molecule has 1 aromatic heterocycles. The molecule has 1 aliphatic rings. The van der Waals surface area contributed by atoms with Crippen molar-refractivity contribution in [2.45, 2.75) is 25.8 Å². The Labute approximate surface area is 128 Å². The molecule has 2 aromatic rings. The van der Waals surface area contributed by atoms with E-state index < -0.39 is 0 Å². The first-order valence-electron chi connectivity index (χ1n) is 7.11. The van der Waals surface area contributed by atoms with Crippen LogP contribution < -0.4 is 10.6 Å². The van der Waals surface area contributed by atoms with E-state index in [0.717, 1.165) is 19.4 Å². The fourth-order valence-electron chi connectivity index (χ4n) is 2.65. The zero-order chi connectivity index (χ0) is 14.8. The highest BCUT2D eigenvalue weighted by atomic mass is 35.5. The van der Waals surface area contributed by atoms with Crippen LogP contribution in [0.4, 0.5) is 5.82 Å². The zero-order valence-electron chi connectivity index (χ0n) is 11.8. The molecule has 0 aliphatic carbocycles. The summed E-state index contributed by atoms with van der Waals surface area (Å²) >= 11 is 6.11. The van der Waals surface area contributed by atoms with Crippen molar-refractivity contribution in [3.8, 4) is 0 Å². The molecule has 5 nitrogen and oxygen atoms in total. The molecule has 1 aromatic carbocycles. The summed E-state index contributed by atoms with van der Waals surface area (Å²) in [5.41, 5.74) is 1.42. The van der Waals surface area contributed by atoms with Gasteiger partial charge in [0.15, 0.2) is 11.0 Å². The van der Waals surface area contributed by atoms with Gasteiger partial charge in [-0.05, 0) is 37.4 Å². The first-order chi connectivity index (χ1) is 10.1. The Morgan fingerprint density at radius 3 is 2.76 bits per heavy atom. The fourth-order valence-corrected chi connectivity index (χ4v) is 2.83. The number of carbonyl (C=O) groups is 1. The number of nitrogens with zero attached hydrogens (tertiary/aromatic N) is 2. The summed E-state index contributed by atoms with van der Waals surface area (Å²) in [4.78, 5) is 21.0. The Morgan fingerprint density at radius 2 is 2.05 bits per heavy atom. The minimum Gasteiger partial charge on any atom is -0.307 e. The molecule has 0 radical (unpaired) electrons. The highest BCUT2D eigenvalue weighted by molar-refractivity contribution is 6.32. The van der Waals surface area contributed by atoms with Crippen LogP contribution in [0.15, 0.2) is 24.3 Å². The fraction of sp³-hybridized carbons (Fsp3) is 0.400. The predicted octanol–water partition coefficient (Wildman–Crippen LogP) is 2.61. The van der Waals surface area contributed by atoms with Crippen LogP contribution in [0.2, 0.25) is 5.15 Å². The average Bonchev–Trinajstić information content (AvgIpc) is 2.48. The third-order valence-corrected chi connectivity index (χ3v) is 4.09. The molecule has 0 spiro atoms. The van der Waals surface area contributed by atoms with Gasteiger partial charge in [-0.25, -0.2) is 9.97 Å². The first kappa shape index (κ1) is 14.2. The first-order valence-corrected chi connectivity index (χ1v) is 7.49. The van der Waals surface area contributed by atoms with Crippen molar-refractivity contribution in [2.75, 3.05) is 11.9 Å². The van der Waals surface area contributed by atoms with Crippen molar-refractivity contribution in [3.63, 3.8) is 0 Å². The average molecular weight is 305 g/mol. The summed E-state index contributed by atoms with van der Waals surface area (Å²) in [5.74, 6) is 0.513. The molecule has 2 heterocycles. The van der Waals surface area contributed by atoms with Crippen LogP contribution in [-0.4, -0.2) is 28.5 Å². The van der Waals surface area contributed by atoms with Gasteiger partial charge < -0.3 is 10.6 Å². The molecule has 2 N–H and O–H groups in total. The van der Waals surface area contributed by atoms with Crippen molar-refractivity contribution in [1.82, 2.24) is 15.3 Å². The Hall–Kier alpha value is -1.72. The number of rotatable bonds is 2. The number of halogens is 1. The van der Waals surface area contributed by atoms with Crippen molar-refractivity contribution in [2.24, 2.45) is 5.92 Å². The minimum atomic E-state index is -0.205. The van der Waals surface area contributed by atoms with Gasteiger partial charge in [-0.15, -0.1) is 0 Å². The lowest BCUT2D eigenvalue weighted by molar-refractivity contribution is -0.119. The van der Waals surface area contributed by atoms with Crippen molar-refractivity contribution >= 4 is 34.4 Å². The van der Waals surface area contributed by atoms with Crippen LogP contribution >= 0.6 is 11.6 Å². The molecular formula is C15H17ClN4O. The van der Waals surface area contributed by atoms with Crippen molar-refractivity contribution in [3.05, 3.63) is 29.4 Å². The van der Waals surface area contributed by atoms with E-state index in [1.807, 2.05) is 24.3 Å². The summed E-state index contributed by atoms with van der Waals surface area (Å²) in [6, 6.07) is 7.23. The SMILES string of the molecule is CC1CCCNC1C(=O)Nc1nc2ccccc2nc1Cl. The van der Waals surface area contributed by atoms with Crippen LogP contribution in [0.25, 0.3) is 11.0 Å². The van der Waals surface area contributed by atoms with E-state index in [1.54, 1.807) is 0 Å². The Bertz CT molecular complexity index is 676.